The third kappa shape index (κ3) is 8.19. The summed E-state index contributed by atoms with van der Waals surface area (Å²) in [5.41, 5.74) is -4.68. The summed E-state index contributed by atoms with van der Waals surface area (Å²) in [6.45, 7) is 2.03. The van der Waals surface area contributed by atoms with Crippen molar-refractivity contribution in [1.82, 2.24) is 0 Å². The minimum atomic E-state index is -6.10. The Morgan fingerprint density at radius 3 is 1.46 bits per heavy atom. The van der Waals surface area contributed by atoms with Gasteiger partial charge in [0, 0.05) is 24.3 Å². The van der Waals surface area contributed by atoms with Crippen molar-refractivity contribution in [2.45, 2.75) is 44.5 Å². The van der Waals surface area contributed by atoms with Gasteiger partial charge in [0.05, 0.1) is 5.56 Å². The molecule has 0 saturated carbocycles. The predicted molar refractivity (Wildman–Crippen MR) is 156 cm³/mol. The number of rotatable bonds is 11. The standard InChI is InChI=1S/C35H20F14O3/c1-2-3-17-4-5-19-11-20(7-6-18(19)10-17)21-8-9-24(25(36)12-21)32(41,42)50-22-13-26(37)30(27(38)14-22)33(43,44)51-23-15-28(39)31(29(40)16-23)34(45,46)52-35(47,48)49/h4-16H,2-3H2,1H3. The van der Waals surface area contributed by atoms with Gasteiger partial charge in [0.25, 0.3) is 0 Å². The van der Waals surface area contributed by atoms with Gasteiger partial charge in [-0.3, -0.25) is 0 Å². The van der Waals surface area contributed by atoms with Gasteiger partial charge < -0.3 is 9.47 Å². The SMILES string of the molecule is CCCc1ccc2cc(-c3ccc(C(F)(F)Oc4cc(F)c(C(F)(F)Oc5cc(F)c(C(F)(F)OC(F)(F)F)c(F)c5)c(F)c4)c(F)c3)ccc2c1. The van der Waals surface area contributed by atoms with Gasteiger partial charge in [-0.1, -0.05) is 49.7 Å². The summed E-state index contributed by atoms with van der Waals surface area (Å²) in [5, 5.41) is 1.68. The van der Waals surface area contributed by atoms with Crippen LogP contribution in [0.1, 0.15) is 35.6 Å². The van der Waals surface area contributed by atoms with Crippen LogP contribution in [0.2, 0.25) is 0 Å². The van der Waals surface area contributed by atoms with Gasteiger partial charge >= 0.3 is 24.7 Å². The molecule has 0 unspecified atom stereocenters. The highest BCUT2D eigenvalue weighted by Gasteiger charge is 2.50. The molecular weight excluding hydrogens is 734 g/mol. The first kappa shape index (κ1) is 38.2. The molecule has 0 atom stereocenters. The Morgan fingerprint density at radius 1 is 0.481 bits per heavy atom. The van der Waals surface area contributed by atoms with E-state index in [1.807, 2.05) is 25.1 Å². The van der Waals surface area contributed by atoms with Crippen LogP contribution in [0, 0.1) is 29.1 Å². The number of fused-ring (bicyclic) bond motifs is 1. The maximum Gasteiger partial charge on any atom is 0.527 e. The van der Waals surface area contributed by atoms with Gasteiger partial charge in [-0.15, -0.1) is 13.2 Å². The summed E-state index contributed by atoms with van der Waals surface area (Å²) in [5.74, 6) is -14.6. The number of hydrogen-bond acceptors (Lipinski definition) is 3. The molecule has 17 heteroatoms. The quantitative estimate of drug-likeness (QED) is 0.126. The Morgan fingerprint density at radius 2 is 0.942 bits per heavy atom. The lowest BCUT2D eigenvalue weighted by atomic mass is 9.98. The van der Waals surface area contributed by atoms with E-state index < -0.39 is 94.1 Å². The summed E-state index contributed by atoms with van der Waals surface area (Å²) >= 11 is 0. The molecule has 5 rings (SSSR count). The number of benzene rings is 5. The van der Waals surface area contributed by atoms with Crippen LogP contribution in [-0.4, -0.2) is 6.36 Å². The molecule has 0 aliphatic rings. The van der Waals surface area contributed by atoms with E-state index in [4.69, 9.17) is 0 Å². The molecular formula is C35H20F14O3. The molecule has 3 nitrogen and oxygen atoms in total. The molecule has 0 aromatic heterocycles. The summed E-state index contributed by atoms with van der Waals surface area (Å²) in [7, 11) is 0. The minimum Gasteiger partial charge on any atom is -0.429 e. The van der Waals surface area contributed by atoms with Crippen molar-refractivity contribution in [3.63, 3.8) is 0 Å². The second-order valence-electron chi connectivity index (χ2n) is 11.2. The third-order valence-electron chi connectivity index (χ3n) is 7.41. The molecule has 5 aromatic rings. The highest BCUT2D eigenvalue weighted by molar-refractivity contribution is 5.88. The Hall–Kier alpha value is -5.06. The first-order valence-corrected chi connectivity index (χ1v) is 14.7. The second kappa shape index (κ2) is 13.8. The fourth-order valence-electron chi connectivity index (χ4n) is 5.22. The minimum absolute atomic E-state index is 0.179. The van der Waals surface area contributed by atoms with Gasteiger partial charge in [-0.2, -0.15) is 26.3 Å². The van der Waals surface area contributed by atoms with Gasteiger partial charge in [0.1, 0.15) is 51.7 Å². The molecule has 0 aliphatic heterocycles. The molecule has 52 heavy (non-hydrogen) atoms. The lowest BCUT2D eigenvalue weighted by Crippen LogP contribution is -2.30. The van der Waals surface area contributed by atoms with Crippen LogP contribution < -0.4 is 9.47 Å². The second-order valence-corrected chi connectivity index (χ2v) is 11.2. The predicted octanol–water partition coefficient (Wildman–Crippen LogP) is 12.0. The van der Waals surface area contributed by atoms with Crippen LogP contribution in [0.5, 0.6) is 11.5 Å². The van der Waals surface area contributed by atoms with E-state index >= 15 is 13.2 Å². The lowest BCUT2D eigenvalue weighted by Gasteiger charge is -2.23. The van der Waals surface area contributed by atoms with E-state index in [9.17, 15) is 48.3 Å². The Balaban J connectivity index is 1.36. The first-order chi connectivity index (χ1) is 24.1. The topological polar surface area (TPSA) is 27.7 Å². The van der Waals surface area contributed by atoms with Crippen molar-refractivity contribution in [3.8, 4) is 22.6 Å². The van der Waals surface area contributed by atoms with E-state index in [0.29, 0.717) is 11.6 Å². The highest BCUT2D eigenvalue weighted by atomic mass is 19.4. The molecule has 0 amide bonds. The summed E-state index contributed by atoms with van der Waals surface area (Å²) in [6.07, 6.45) is -19.9. The molecule has 0 aliphatic carbocycles. The van der Waals surface area contributed by atoms with E-state index in [1.54, 1.807) is 18.2 Å². The zero-order valence-electron chi connectivity index (χ0n) is 25.9. The molecule has 0 saturated heterocycles. The number of aryl methyl sites for hydroxylation is 1. The normalized spacial score (nSPS) is 12.8. The van der Waals surface area contributed by atoms with E-state index in [1.165, 1.54) is 0 Å². The van der Waals surface area contributed by atoms with E-state index in [0.717, 1.165) is 41.3 Å². The lowest BCUT2D eigenvalue weighted by molar-refractivity contribution is -0.432. The van der Waals surface area contributed by atoms with Gasteiger partial charge in [0.15, 0.2) is 0 Å². The van der Waals surface area contributed by atoms with Crippen LogP contribution in [0.15, 0.2) is 78.9 Å². The van der Waals surface area contributed by atoms with E-state index in [-0.39, 0.29) is 17.7 Å². The van der Waals surface area contributed by atoms with Crippen molar-refractivity contribution >= 4 is 10.8 Å². The Kier molecular flexibility index (Phi) is 10.1. The van der Waals surface area contributed by atoms with Crippen molar-refractivity contribution in [2.24, 2.45) is 0 Å². The van der Waals surface area contributed by atoms with Crippen LogP contribution >= 0.6 is 0 Å². The average molecular weight is 755 g/mol. The molecule has 0 spiro atoms. The van der Waals surface area contributed by atoms with Crippen LogP contribution in [0.25, 0.3) is 21.9 Å². The zero-order chi connectivity index (χ0) is 38.4. The zero-order valence-corrected chi connectivity index (χ0v) is 25.9. The number of hydrogen-bond donors (Lipinski definition) is 0. The van der Waals surface area contributed by atoms with Crippen LogP contribution in [-0.2, 0) is 29.5 Å². The first-order valence-electron chi connectivity index (χ1n) is 14.7. The Labute approximate surface area is 283 Å². The number of ether oxygens (including phenoxy) is 3. The fraction of sp³-hybridized carbons (Fsp3) is 0.200. The molecule has 0 fully saturated rings. The average Bonchev–Trinajstić information content (AvgIpc) is 2.98. The largest absolute Gasteiger partial charge is 0.527 e. The molecule has 0 radical (unpaired) electrons. The van der Waals surface area contributed by atoms with Crippen molar-refractivity contribution in [2.75, 3.05) is 0 Å². The van der Waals surface area contributed by atoms with Crippen LogP contribution in [0.3, 0.4) is 0 Å². The van der Waals surface area contributed by atoms with Crippen molar-refractivity contribution < 1.29 is 75.7 Å². The smallest absolute Gasteiger partial charge is 0.429 e. The fourth-order valence-corrected chi connectivity index (χ4v) is 5.22. The van der Waals surface area contributed by atoms with Gasteiger partial charge in [-0.05, 0) is 52.1 Å². The van der Waals surface area contributed by atoms with Crippen molar-refractivity contribution in [1.29, 1.82) is 0 Å². The van der Waals surface area contributed by atoms with E-state index in [2.05, 4.69) is 14.2 Å². The van der Waals surface area contributed by atoms with Gasteiger partial charge in [0.2, 0.25) is 0 Å². The molecule has 0 heterocycles. The molecule has 276 valence electrons. The Bertz CT molecular complexity index is 2080. The number of alkyl halides is 9. The summed E-state index contributed by atoms with van der Waals surface area (Å²) < 4.78 is 207. The summed E-state index contributed by atoms with van der Waals surface area (Å²) in [6, 6.07) is 12.1. The molecule has 0 bridgehead atoms. The van der Waals surface area contributed by atoms with Gasteiger partial charge in [-0.25, -0.2) is 26.7 Å². The van der Waals surface area contributed by atoms with Crippen LogP contribution in [0.4, 0.5) is 61.5 Å². The van der Waals surface area contributed by atoms with Crippen molar-refractivity contribution in [3.05, 3.63) is 130 Å². The maximum atomic E-state index is 15.0. The molecule has 0 N–H and O–H groups in total. The molecule has 5 aromatic carbocycles. The number of halogens is 14. The maximum absolute atomic E-state index is 15.0. The monoisotopic (exact) mass is 754 g/mol. The summed E-state index contributed by atoms with van der Waals surface area (Å²) in [4.78, 5) is 0. The highest BCUT2D eigenvalue weighted by Crippen LogP contribution is 2.43. The third-order valence-corrected chi connectivity index (χ3v) is 7.41.